The topological polar surface area (TPSA) is 41.1 Å². The molecule has 2 N–H and O–H groups in total. The van der Waals surface area contributed by atoms with Crippen LogP contribution in [-0.4, -0.2) is 24.0 Å². The molecule has 2 aliphatic carbocycles. The Labute approximate surface area is 124 Å². The molecule has 3 heteroatoms. The fourth-order valence-electron chi connectivity index (χ4n) is 3.32. The molecule has 0 aliphatic heterocycles. The fraction of sp³-hybridized carbons (Fsp3) is 0.941. The van der Waals surface area contributed by atoms with Crippen LogP contribution in [0.15, 0.2) is 0 Å². The number of carbonyl (C=O) groups is 1. The molecular formula is C17H32N2O. The molecule has 0 bridgehead atoms. The Morgan fingerprint density at radius 1 is 1.00 bits per heavy atom. The van der Waals surface area contributed by atoms with Crippen LogP contribution in [-0.2, 0) is 4.79 Å². The Kier molecular flexibility index (Phi) is 5.11. The molecule has 0 aromatic carbocycles. The van der Waals surface area contributed by atoms with Crippen molar-refractivity contribution < 1.29 is 4.79 Å². The quantitative estimate of drug-likeness (QED) is 0.776. The third kappa shape index (κ3) is 4.76. The smallest absolute Gasteiger partial charge is 0.237 e. The lowest BCUT2D eigenvalue weighted by atomic mass is 9.76. The van der Waals surface area contributed by atoms with Crippen molar-refractivity contribution in [3.63, 3.8) is 0 Å². The molecule has 3 atom stereocenters. The monoisotopic (exact) mass is 280 g/mol. The lowest BCUT2D eigenvalue weighted by Gasteiger charge is -2.30. The molecule has 0 aromatic heterocycles. The van der Waals surface area contributed by atoms with Crippen LogP contribution < -0.4 is 10.6 Å². The van der Waals surface area contributed by atoms with E-state index in [9.17, 15) is 4.79 Å². The average molecular weight is 280 g/mol. The first kappa shape index (κ1) is 15.8. The van der Waals surface area contributed by atoms with Gasteiger partial charge < -0.3 is 10.6 Å². The SMILES string of the molecule is CC(NC1CCCC(C(C)(C)C)CC1)C(=O)NC1CC1. The van der Waals surface area contributed by atoms with E-state index in [1.807, 2.05) is 6.92 Å². The fourth-order valence-corrected chi connectivity index (χ4v) is 3.32. The summed E-state index contributed by atoms with van der Waals surface area (Å²) in [5.74, 6) is 1.01. The van der Waals surface area contributed by atoms with Crippen LogP contribution in [0.4, 0.5) is 0 Å². The summed E-state index contributed by atoms with van der Waals surface area (Å²) in [6.45, 7) is 9.08. The first-order valence-electron chi connectivity index (χ1n) is 8.42. The second kappa shape index (κ2) is 6.46. The van der Waals surface area contributed by atoms with E-state index < -0.39 is 0 Å². The average Bonchev–Trinajstić information content (AvgIpc) is 3.14. The number of hydrogen-bond donors (Lipinski definition) is 2. The summed E-state index contributed by atoms with van der Waals surface area (Å²) in [5, 5.41) is 6.64. The minimum absolute atomic E-state index is 0.0493. The standard InChI is InChI=1S/C17H32N2O/c1-12(16(20)19-15-10-11-15)18-14-7-5-6-13(8-9-14)17(2,3)4/h12-15,18H,5-11H2,1-4H3,(H,19,20). The van der Waals surface area contributed by atoms with Gasteiger partial charge in [-0.3, -0.25) is 4.79 Å². The van der Waals surface area contributed by atoms with Crippen molar-refractivity contribution in [3.05, 3.63) is 0 Å². The third-order valence-electron chi connectivity index (χ3n) is 5.00. The van der Waals surface area contributed by atoms with Crippen LogP contribution in [0.3, 0.4) is 0 Å². The molecule has 20 heavy (non-hydrogen) atoms. The van der Waals surface area contributed by atoms with E-state index in [1.165, 1.54) is 32.1 Å². The van der Waals surface area contributed by atoms with Gasteiger partial charge in [0.05, 0.1) is 6.04 Å². The maximum atomic E-state index is 12.0. The van der Waals surface area contributed by atoms with Gasteiger partial charge in [-0.15, -0.1) is 0 Å². The van der Waals surface area contributed by atoms with Crippen LogP contribution in [0.1, 0.15) is 72.6 Å². The zero-order valence-electron chi connectivity index (χ0n) is 13.7. The summed E-state index contributed by atoms with van der Waals surface area (Å²) < 4.78 is 0. The van der Waals surface area contributed by atoms with Gasteiger partial charge in [0.25, 0.3) is 0 Å². The molecule has 116 valence electrons. The summed E-state index contributed by atoms with van der Waals surface area (Å²) in [6, 6.07) is 0.931. The number of rotatable bonds is 4. The molecule has 0 aromatic rings. The number of amides is 1. The van der Waals surface area contributed by atoms with Gasteiger partial charge in [-0.05, 0) is 56.8 Å². The molecule has 3 unspecified atom stereocenters. The normalized spacial score (nSPS) is 29.6. The van der Waals surface area contributed by atoms with E-state index in [-0.39, 0.29) is 11.9 Å². The first-order valence-corrected chi connectivity index (χ1v) is 8.42. The summed E-state index contributed by atoms with van der Waals surface area (Å²) in [7, 11) is 0. The van der Waals surface area contributed by atoms with Crippen LogP contribution in [0.2, 0.25) is 0 Å². The minimum atomic E-state index is -0.0493. The summed E-state index contributed by atoms with van der Waals surface area (Å²) in [4.78, 5) is 12.0. The number of nitrogens with one attached hydrogen (secondary N) is 2. The van der Waals surface area contributed by atoms with Crippen LogP contribution >= 0.6 is 0 Å². The summed E-state index contributed by atoms with van der Waals surface area (Å²) in [5.41, 5.74) is 0.420. The Morgan fingerprint density at radius 3 is 2.25 bits per heavy atom. The van der Waals surface area contributed by atoms with Gasteiger partial charge in [0.15, 0.2) is 0 Å². The Bertz CT molecular complexity index is 330. The maximum Gasteiger partial charge on any atom is 0.237 e. The first-order chi connectivity index (χ1) is 9.36. The number of carbonyl (C=O) groups excluding carboxylic acids is 1. The van der Waals surface area contributed by atoms with E-state index in [2.05, 4.69) is 31.4 Å². The van der Waals surface area contributed by atoms with Crippen molar-refractivity contribution in [2.24, 2.45) is 11.3 Å². The van der Waals surface area contributed by atoms with Crippen molar-refractivity contribution in [2.45, 2.75) is 90.8 Å². The van der Waals surface area contributed by atoms with E-state index in [1.54, 1.807) is 0 Å². The summed E-state index contributed by atoms with van der Waals surface area (Å²) in [6.07, 6.45) is 8.67. The minimum Gasteiger partial charge on any atom is -0.352 e. The highest BCUT2D eigenvalue weighted by Gasteiger charge is 2.30. The molecule has 2 saturated carbocycles. The van der Waals surface area contributed by atoms with Gasteiger partial charge >= 0.3 is 0 Å². The zero-order chi connectivity index (χ0) is 14.8. The van der Waals surface area contributed by atoms with Gasteiger partial charge in [0.1, 0.15) is 0 Å². The van der Waals surface area contributed by atoms with Crippen LogP contribution in [0, 0.1) is 11.3 Å². The Balaban J connectivity index is 1.76. The molecule has 2 fully saturated rings. The predicted octanol–water partition coefficient (Wildman–Crippen LogP) is 3.24. The van der Waals surface area contributed by atoms with E-state index in [0.717, 1.165) is 18.8 Å². The van der Waals surface area contributed by atoms with E-state index in [0.29, 0.717) is 17.5 Å². The molecule has 2 aliphatic rings. The maximum absolute atomic E-state index is 12.0. The molecular weight excluding hydrogens is 248 g/mol. The van der Waals surface area contributed by atoms with Crippen molar-refractivity contribution in [1.29, 1.82) is 0 Å². The third-order valence-corrected chi connectivity index (χ3v) is 5.00. The summed E-state index contributed by atoms with van der Waals surface area (Å²) >= 11 is 0. The highest BCUT2D eigenvalue weighted by Crippen LogP contribution is 2.36. The number of hydrogen-bond acceptors (Lipinski definition) is 2. The van der Waals surface area contributed by atoms with Gasteiger partial charge in [-0.25, -0.2) is 0 Å². The molecule has 0 spiro atoms. The highest BCUT2D eigenvalue weighted by molar-refractivity contribution is 5.81. The van der Waals surface area contributed by atoms with Gasteiger partial charge in [0.2, 0.25) is 5.91 Å². The molecule has 0 radical (unpaired) electrons. The second-order valence-corrected chi connectivity index (χ2v) is 7.94. The molecule has 0 heterocycles. The molecule has 3 nitrogen and oxygen atoms in total. The van der Waals surface area contributed by atoms with Crippen molar-refractivity contribution in [3.8, 4) is 0 Å². The van der Waals surface area contributed by atoms with Gasteiger partial charge in [-0.1, -0.05) is 27.2 Å². The lowest BCUT2D eigenvalue weighted by molar-refractivity contribution is -0.123. The van der Waals surface area contributed by atoms with Gasteiger partial charge in [0, 0.05) is 12.1 Å². The Hall–Kier alpha value is -0.570. The Morgan fingerprint density at radius 2 is 1.65 bits per heavy atom. The molecule has 2 rings (SSSR count). The van der Waals surface area contributed by atoms with Crippen molar-refractivity contribution in [1.82, 2.24) is 10.6 Å². The van der Waals surface area contributed by atoms with Gasteiger partial charge in [-0.2, -0.15) is 0 Å². The second-order valence-electron chi connectivity index (χ2n) is 7.94. The largest absolute Gasteiger partial charge is 0.352 e. The predicted molar refractivity (Wildman–Crippen MR) is 83.6 cm³/mol. The van der Waals surface area contributed by atoms with Crippen LogP contribution in [0.5, 0.6) is 0 Å². The van der Waals surface area contributed by atoms with Crippen LogP contribution in [0.25, 0.3) is 0 Å². The lowest BCUT2D eigenvalue weighted by Crippen LogP contribution is -2.47. The molecule has 0 saturated heterocycles. The highest BCUT2D eigenvalue weighted by atomic mass is 16.2. The van der Waals surface area contributed by atoms with E-state index >= 15 is 0 Å². The zero-order valence-corrected chi connectivity index (χ0v) is 13.7. The van der Waals surface area contributed by atoms with Crippen molar-refractivity contribution >= 4 is 5.91 Å². The van der Waals surface area contributed by atoms with E-state index in [4.69, 9.17) is 0 Å². The molecule has 1 amide bonds. The van der Waals surface area contributed by atoms with Crippen molar-refractivity contribution in [2.75, 3.05) is 0 Å².